The SMILES string of the molecule is CC(C)C(=O)NCc1cc(CCN(C)C)cc(CNC(=O)C(C)C)c1.CC(C)C(=O)NCc1cc(CCN)cc(CNC(=O)C(C)C)c1.CC(C)C(=O)NCc1cc(CCNC(=O)OC(C)(C)C)cc(CNC(=O)C(C)C)c1.CC(C)C(=O)NCc1cc(CNC(=O)C(C)C)cc(CC(C)N(C)C)c1. The molecule has 1 atom stereocenters. The van der Waals surface area contributed by atoms with Crippen LogP contribution in [0.5, 0.6) is 0 Å². The summed E-state index contributed by atoms with van der Waals surface area (Å²) in [5, 5.41) is 26.3. The van der Waals surface area contributed by atoms with Gasteiger partial charge in [-0.2, -0.15) is 0 Å². The number of alkyl carbamates (subject to hydrolysis) is 1. The molecule has 0 saturated heterocycles. The van der Waals surface area contributed by atoms with Crippen molar-refractivity contribution in [3.63, 3.8) is 0 Å². The summed E-state index contributed by atoms with van der Waals surface area (Å²) in [6, 6.07) is 25.2. The van der Waals surface area contributed by atoms with Gasteiger partial charge in [0.1, 0.15) is 5.60 Å². The lowest BCUT2D eigenvalue weighted by Gasteiger charge is -2.21. The van der Waals surface area contributed by atoms with Crippen LogP contribution >= 0.6 is 0 Å². The van der Waals surface area contributed by atoms with E-state index in [1.807, 2.05) is 156 Å². The van der Waals surface area contributed by atoms with E-state index in [-0.39, 0.29) is 94.6 Å². The molecule has 4 aromatic carbocycles. The molecule has 4 rings (SSSR count). The zero-order valence-electron chi connectivity index (χ0n) is 67.8. The van der Waals surface area contributed by atoms with Crippen molar-refractivity contribution in [2.45, 2.75) is 228 Å². The first kappa shape index (κ1) is 93.8. The molecule has 0 aromatic heterocycles. The van der Waals surface area contributed by atoms with E-state index >= 15 is 0 Å². The lowest BCUT2D eigenvalue weighted by Crippen LogP contribution is -2.33. The molecule has 22 nitrogen and oxygen atoms in total. The average molecular weight is 1450 g/mol. The van der Waals surface area contributed by atoms with Gasteiger partial charge in [-0.15, -0.1) is 0 Å². The summed E-state index contributed by atoms with van der Waals surface area (Å²) in [5.74, 6) is -0.126. The van der Waals surface area contributed by atoms with Crippen molar-refractivity contribution in [2.75, 3.05) is 47.8 Å². The minimum Gasteiger partial charge on any atom is -0.444 e. The van der Waals surface area contributed by atoms with Crippen LogP contribution in [0.1, 0.15) is 205 Å². The molecule has 0 aliphatic carbocycles. The van der Waals surface area contributed by atoms with Crippen LogP contribution in [0.15, 0.2) is 72.8 Å². The van der Waals surface area contributed by atoms with Gasteiger partial charge < -0.3 is 68.1 Å². The molecule has 0 bridgehead atoms. The number of likely N-dealkylation sites (N-methyl/N-ethyl adjacent to an activating group) is 2. The molecule has 0 aliphatic heterocycles. The van der Waals surface area contributed by atoms with Gasteiger partial charge in [-0.1, -0.05) is 184 Å². The predicted octanol–water partition coefficient (Wildman–Crippen LogP) is 10.1. The molecule has 4 aromatic rings. The first-order valence-corrected chi connectivity index (χ1v) is 37.2. The summed E-state index contributed by atoms with van der Waals surface area (Å²) < 4.78 is 5.25. The molecule has 11 N–H and O–H groups in total. The summed E-state index contributed by atoms with van der Waals surface area (Å²) in [6.45, 7) is 43.4. The Morgan fingerprint density at radius 3 is 0.740 bits per heavy atom. The van der Waals surface area contributed by atoms with Gasteiger partial charge in [0.05, 0.1) is 0 Å². The van der Waals surface area contributed by atoms with Gasteiger partial charge >= 0.3 is 6.09 Å². The van der Waals surface area contributed by atoms with E-state index in [9.17, 15) is 43.2 Å². The fraction of sp³-hybridized carbons (Fsp3) is 0.598. The Kier molecular flexibility index (Phi) is 44.0. The van der Waals surface area contributed by atoms with E-state index in [4.69, 9.17) is 10.5 Å². The number of hydrogen-bond acceptors (Lipinski definition) is 13. The topological polar surface area (TPSA) is 304 Å². The predicted molar refractivity (Wildman–Crippen MR) is 419 cm³/mol. The van der Waals surface area contributed by atoms with E-state index in [2.05, 4.69) is 141 Å². The highest BCUT2D eigenvalue weighted by Gasteiger charge is 2.19. The number of nitrogens with zero attached hydrogens (tertiary/aromatic N) is 2. The maximum absolute atomic E-state index is 11.9. The number of hydrogen-bond donors (Lipinski definition) is 10. The molecule has 0 aliphatic rings. The number of amides is 9. The van der Waals surface area contributed by atoms with Crippen molar-refractivity contribution in [3.8, 4) is 0 Å². The number of benzene rings is 4. The fourth-order valence-corrected chi connectivity index (χ4v) is 9.54. The third-order valence-electron chi connectivity index (χ3n) is 16.2. The number of ether oxygens (including phenoxy) is 1. The molecule has 0 spiro atoms. The summed E-state index contributed by atoms with van der Waals surface area (Å²) in [6.07, 6.45) is 2.79. The smallest absolute Gasteiger partial charge is 0.407 e. The Hall–Kier alpha value is -8.21. The first-order chi connectivity index (χ1) is 48.5. The standard InChI is InChI=1S/C23H37N3O4.C21H35N3O2.C20H33N3O2.C18H29N3O2/c1-15(2)20(27)25-13-18-10-17(8-9-24-22(29)30-23(5,6)7)11-19(12-18)14-26-21(28)16(3)4;1-14(2)20(25)22-12-18-9-17(8-16(5)24(6)7)10-19(11-18)13-23-21(26)15(3)4;1-14(2)19(24)21-12-17-9-16(7-8-23(5)6)10-18(11-17)13-22-20(25)15(3)4;1-12(2)17(22)20-10-15-7-14(5-6-19)8-16(9-15)11-21-18(23)13(3)4/h10-12,15-16H,8-9,13-14H2,1-7H3,(H,24,29)(H,25,27)(H,26,28);9-11,14-16H,8,12-13H2,1-7H3,(H,22,25)(H,23,26);9-11,14-15H,7-8,12-13H2,1-6H3,(H,21,24)(H,22,25);7-9,12-13H,5-6,10-11,19H2,1-4H3,(H,20,22)(H,21,23). The molecular weight excluding hydrogens is 1310 g/mol. The van der Waals surface area contributed by atoms with Gasteiger partial charge in [0.25, 0.3) is 0 Å². The van der Waals surface area contributed by atoms with Crippen LogP contribution in [0.2, 0.25) is 0 Å². The quantitative estimate of drug-likeness (QED) is 0.0205. The molecule has 582 valence electrons. The fourth-order valence-electron chi connectivity index (χ4n) is 9.54. The second-order valence-electron chi connectivity index (χ2n) is 30.9. The third kappa shape index (κ3) is 41.9. The van der Waals surface area contributed by atoms with Gasteiger partial charge in [-0.05, 0) is 155 Å². The summed E-state index contributed by atoms with van der Waals surface area (Å²) in [7, 11) is 8.25. The number of carbonyl (C=O) groups excluding carboxylic acids is 9. The van der Waals surface area contributed by atoms with Crippen LogP contribution in [0.3, 0.4) is 0 Å². The van der Waals surface area contributed by atoms with Gasteiger partial charge in [0, 0.05) is 119 Å². The maximum Gasteiger partial charge on any atom is 0.407 e. The number of nitrogens with one attached hydrogen (secondary N) is 9. The summed E-state index contributed by atoms with van der Waals surface area (Å²) in [5.41, 5.74) is 17.9. The van der Waals surface area contributed by atoms with Crippen LogP contribution in [-0.4, -0.2) is 123 Å². The molecule has 22 heteroatoms. The van der Waals surface area contributed by atoms with Gasteiger partial charge in [0.15, 0.2) is 0 Å². The highest BCUT2D eigenvalue weighted by molar-refractivity contribution is 5.81. The van der Waals surface area contributed by atoms with Gasteiger partial charge in [0.2, 0.25) is 47.3 Å². The van der Waals surface area contributed by atoms with E-state index in [0.717, 1.165) is 81.4 Å². The van der Waals surface area contributed by atoms with Crippen molar-refractivity contribution < 1.29 is 47.9 Å². The lowest BCUT2D eigenvalue weighted by molar-refractivity contribution is -0.124. The van der Waals surface area contributed by atoms with Crippen LogP contribution in [0.25, 0.3) is 0 Å². The van der Waals surface area contributed by atoms with Crippen LogP contribution in [-0.2, 0) is 121 Å². The molecule has 0 heterocycles. The molecule has 104 heavy (non-hydrogen) atoms. The van der Waals surface area contributed by atoms with E-state index in [0.29, 0.717) is 77.9 Å². The second kappa shape index (κ2) is 48.7. The van der Waals surface area contributed by atoms with Crippen molar-refractivity contribution >= 4 is 53.4 Å². The Labute approximate surface area is 624 Å². The zero-order valence-corrected chi connectivity index (χ0v) is 67.8. The lowest BCUT2D eigenvalue weighted by atomic mass is 10.00. The maximum atomic E-state index is 11.9. The minimum absolute atomic E-state index is 0.0124. The third-order valence-corrected chi connectivity index (χ3v) is 16.2. The highest BCUT2D eigenvalue weighted by atomic mass is 16.6. The van der Waals surface area contributed by atoms with Crippen molar-refractivity contribution in [1.29, 1.82) is 0 Å². The molecule has 1 unspecified atom stereocenters. The van der Waals surface area contributed by atoms with Crippen molar-refractivity contribution in [2.24, 2.45) is 53.1 Å². The Bertz CT molecular complexity index is 3160. The molecule has 0 radical (unpaired) electrons. The van der Waals surface area contributed by atoms with Crippen LogP contribution in [0, 0.1) is 47.3 Å². The largest absolute Gasteiger partial charge is 0.444 e. The summed E-state index contributed by atoms with van der Waals surface area (Å²) >= 11 is 0. The molecular formula is C82H134N12O10. The monoisotopic (exact) mass is 1450 g/mol. The van der Waals surface area contributed by atoms with Crippen LogP contribution < -0.4 is 53.6 Å². The van der Waals surface area contributed by atoms with Gasteiger partial charge in [-0.25, -0.2) is 4.79 Å². The average Bonchev–Trinajstić information content (AvgIpc) is 0.878. The molecule has 0 saturated carbocycles. The number of carbonyl (C=O) groups is 9. The molecule has 0 fully saturated rings. The van der Waals surface area contributed by atoms with Crippen molar-refractivity contribution in [3.05, 3.63) is 140 Å². The second-order valence-corrected chi connectivity index (χ2v) is 30.9. The zero-order chi connectivity index (χ0) is 79.1. The van der Waals surface area contributed by atoms with E-state index < -0.39 is 11.7 Å². The van der Waals surface area contributed by atoms with E-state index in [1.165, 1.54) is 11.1 Å². The number of nitrogens with two attached hydrogens (primary N) is 1. The highest BCUT2D eigenvalue weighted by Crippen LogP contribution is 2.18. The van der Waals surface area contributed by atoms with Gasteiger partial charge in [-0.3, -0.25) is 38.4 Å². The summed E-state index contributed by atoms with van der Waals surface area (Å²) in [4.78, 5) is 111. The van der Waals surface area contributed by atoms with Crippen molar-refractivity contribution in [1.82, 2.24) is 57.7 Å². The Morgan fingerprint density at radius 1 is 0.327 bits per heavy atom. The first-order valence-electron chi connectivity index (χ1n) is 37.2. The Morgan fingerprint density at radius 2 is 0.538 bits per heavy atom. The number of rotatable bonds is 35. The normalized spacial score (nSPS) is 11.5. The molecule has 9 amide bonds. The minimum atomic E-state index is -0.541. The van der Waals surface area contributed by atoms with E-state index in [1.54, 1.807) is 0 Å². The Balaban J connectivity index is 0.000000696. The van der Waals surface area contributed by atoms with Crippen LogP contribution in [0.4, 0.5) is 4.79 Å².